The van der Waals surface area contributed by atoms with Crippen molar-refractivity contribution >= 4 is 23.1 Å². The van der Waals surface area contributed by atoms with Crippen LogP contribution in [0.3, 0.4) is 0 Å². The maximum absolute atomic E-state index is 10.2. The topological polar surface area (TPSA) is 87.0 Å². The molecule has 0 radical (unpaired) electrons. The minimum absolute atomic E-state index is 0.399. The molecule has 7 heteroatoms. The highest BCUT2D eigenvalue weighted by atomic mass is 28.5. The van der Waals surface area contributed by atoms with Crippen LogP contribution >= 0.6 is 0 Å². The standard InChI is InChI=1S/C5H14O5Si2/c1-11(2,8)10-12(3,9)4-5(6)7/h8-9H,4H2,1-3H3,(H,6,7). The Hall–Kier alpha value is -0.216. The minimum atomic E-state index is -3.19. The third-order valence-corrected chi connectivity index (χ3v) is 5.66. The van der Waals surface area contributed by atoms with E-state index in [1.807, 2.05) is 0 Å². The summed E-state index contributed by atoms with van der Waals surface area (Å²) in [5.41, 5.74) is 0. The van der Waals surface area contributed by atoms with Crippen LogP contribution in [0.15, 0.2) is 0 Å². The maximum Gasteiger partial charge on any atom is 0.334 e. The van der Waals surface area contributed by atoms with E-state index in [9.17, 15) is 14.4 Å². The van der Waals surface area contributed by atoms with Crippen LogP contribution in [-0.2, 0) is 8.91 Å². The molecule has 72 valence electrons. The third kappa shape index (κ3) is 6.49. The summed E-state index contributed by atoms with van der Waals surface area (Å²) >= 11 is 0. The first-order chi connectivity index (χ1) is 5.12. The quantitative estimate of drug-likeness (QED) is 0.562. The Morgan fingerprint density at radius 2 is 1.75 bits per heavy atom. The molecule has 12 heavy (non-hydrogen) atoms. The van der Waals surface area contributed by atoms with Crippen LogP contribution in [0.2, 0.25) is 25.7 Å². The number of carbonyl (C=O) groups is 1. The zero-order chi connectivity index (χ0) is 9.99. The van der Waals surface area contributed by atoms with Crippen molar-refractivity contribution < 1.29 is 23.6 Å². The number of rotatable bonds is 4. The molecule has 0 rings (SSSR count). The minimum Gasteiger partial charge on any atom is -0.481 e. The fourth-order valence-corrected chi connectivity index (χ4v) is 6.01. The molecule has 0 aromatic heterocycles. The Balaban J connectivity index is 4.13. The second-order valence-electron chi connectivity index (χ2n) is 3.29. The molecule has 5 nitrogen and oxygen atoms in total. The zero-order valence-electron chi connectivity index (χ0n) is 7.37. The molecule has 0 amide bonds. The van der Waals surface area contributed by atoms with Gasteiger partial charge in [0, 0.05) is 0 Å². The van der Waals surface area contributed by atoms with Gasteiger partial charge in [0.05, 0.1) is 6.04 Å². The Morgan fingerprint density at radius 3 is 2.00 bits per heavy atom. The summed E-state index contributed by atoms with van der Waals surface area (Å²) in [6.45, 7) is 4.32. The molecular weight excluding hydrogens is 196 g/mol. The predicted octanol–water partition coefficient (Wildman–Crippen LogP) is -0.154. The first kappa shape index (κ1) is 11.8. The fourth-order valence-electron chi connectivity index (χ4n) is 0.855. The van der Waals surface area contributed by atoms with Crippen LogP contribution in [-0.4, -0.2) is 37.8 Å². The Morgan fingerprint density at radius 1 is 1.33 bits per heavy atom. The van der Waals surface area contributed by atoms with Gasteiger partial charge in [0.25, 0.3) is 0 Å². The summed E-state index contributed by atoms with van der Waals surface area (Å²) < 4.78 is 4.94. The lowest BCUT2D eigenvalue weighted by Gasteiger charge is -2.25. The average molecular weight is 210 g/mol. The monoisotopic (exact) mass is 210 g/mol. The normalized spacial score (nSPS) is 17.1. The van der Waals surface area contributed by atoms with Crippen LogP contribution in [0, 0.1) is 0 Å². The van der Waals surface area contributed by atoms with Crippen molar-refractivity contribution in [3.63, 3.8) is 0 Å². The molecule has 1 unspecified atom stereocenters. The van der Waals surface area contributed by atoms with Gasteiger partial charge in [-0.05, 0) is 19.6 Å². The smallest absolute Gasteiger partial charge is 0.334 e. The van der Waals surface area contributed by atoms with Crippen molar-refractivity contribution in [3.8, 4) is 0 Å². The van der Waals surface area contributed by atoms with E-state index < -0.39 is 29.1 Å². The number of hydrogen-bond donors (Lipinski definition) is 3. The second-order valence-corrected chi connectivity index (χ2v) is 9.71. The van der Waals surface area contributed by atoms with Crippen LogP contribution in [0.5, 0.6) is 0 Å². The van der Waals surface area contributed by atoms with Crippen molar-refractivity contribution in [1.29, 1.82) is 0 Å². The van der Waals surface area contributed by atoms with E-state index in [4.69, 9.17) is 9.22 Å². The molecule has 0 saturated carbocycles. The van der Waals surface area contributed by atoms with E-state index in [0.717, 1.165) is 0 Å². The summed E-state index contributed by atoms with van der Waals surface area (Å²) in [7, 11) is -6.00. The third-order valence-electron chi connectivity index (χ3n) is 0.949. The molecular formula is C5H14O5Si2. The van der Waals surface area contributed by atoms with E-state index in [2.05, 4.69) is 0 Å². The van der Waals surface area contributed by atoms with Crippen LogP contribution in [0.25, 0.3) is 0 Å². The summed E-state index contributed by atoms with van der Waals surface area (Å²) in [5.74, 6) is -1.11. The van der Waals surface area contributed by atoms with Crippen molar-refractivity contribution in [2.45, 2.75) is 25.7 Å². The van der Waals surface area contributed by atoms with Gasteiger partial charge < -0.3 is 18.8 Å². The number of hydrogen-bond acceptors (Lipinski definition) is 4. The molecule has 0 saturated heterocycles. The zero-order valence-corrected chi connectivity index (χ0v) is 9.37. The summed E-state index contributed by atoms with van der Waals surface area (Å²) in [4.78, 5) is 28.9. The van der Waals surface area contributed by atoms with Gasteiger partial charge in [-0.15, -0.1) is 0 Å². The van der Waals surface area contributed by atoms with Crippen molar-refractivity contribution in [2.24, 2.45) is 0 Å². The SMILES string of the molecule is C[Si](C)(O)O[Si](C)(O)CC(=O)O. The summed E-state index contributed by atoms with van der Waals surface area (Å²) in [5, 5.41) is 8.37. The van der Waals surface area contributed by atoms with Gasteiger partial charge in [-0.1, -0.05) is 0 Å². The van der Waals surface area contributed by atoms with Gasteiger partial charge in [-0.25, -0.2) is 0 Å². The van der Waals surface area contributed by atoms with Gasteiger partial charge in [0.15, 0.2) is 0 Å². The summed E-state index contributed by atoms with van der Waals surface area (Å²) in [6.07, 6.45) is 0. The molecule has 0 fully saturated rings. The molecule has 0 aliphatic carbocycles. The average Bonchev–Trinajstić information content (AvgIpc) is 1.48. The predicted molar refractivity (Wildman–Crippen MR) is 47.1 cm³/mol. The lowest BCUT2D eigenvalue weighted by Crippen LogP contribution is -2.47. The van der Waals surface area contributed by atoms with Crippen LogP contribution in [0.4, 0.5) is 0 Å². The number of carboxylic acids is 1. The van der Waals surface area contributed by atoms with Gasteiger partial charge in [-0.2, -0.15) is 0 Å². The van der Waals surface area contributed by atoms with E-state index in [1.165, 1.54) is 19.6 Å². The van der Waals surface area contributed by atoms with E-state index in [1.54, 1.807) is 0 Å². The largest absolute Gasteiger partial charge is 0.481 e. The van der Waals surface area contributed by atoms with Crippen LogP contribution in [0.1, 0.15) is 0 Å². The highest BCUT2D eigenvalue weighted by Crippen LogP contribution is 2.13. The molecule has 0 spiro atoms. The molecule has 0 bridgehead atoms. The number of carboxylic acid groups (broad SMARTS) is 1. The Bertz CT molecular complexity index is 173. The van der Waals surface area contributed by atoms with Crippen molar-refractivity contribution in [3.05, 3.63) is 0 Å². The molecule has 0 aliphatic rings. The molecule has 0 aliphatic heterocycles. The highest BCUT2D eigenvalue weighted by Gasteiger charge is 2.37. The second kappa shape index (κ2) is 3.66. The van der Waals surface area contributed by atoms with Crippen LogP contribution < -0.4 is 0 Å². The van der Waals surface area contributed by atoms with Gasteiger partial charge in [-0.3, -0.25) is 4.79 Å². The summed E-state index contributed by atoms with van der Waals surface area (Å²) in [6, 6.07) is -0.399. The Kier molecular flexibility index (Phi) is 3.60. The highest BCUT2D eigenvalue weighted by molar-refractivity contribution is 6.79. The van der Waals surface area contributed by atoms with Gasteiger partial charge in [0.2, 0.25) is 0 Å². The van der Waals surface area contributed by atoms with E-state index in [-0.39, 0.29) is 0 Å². The molecule has 3 N–H and O–H groups in total. The van der Waals surface area contributed by atoms with Gasteiger partial charge >= 0.3 is 23.1 Å². The molecule has 0 aromatic carbocycles. The van der Waals surface area contributed by atoms with Crippen molar-refractivity contribution in [1.82, 2.24) is 0 Å². The van der Waals surface area contributed by atoms with E-state index >= 15 is 0 Å². The number of aliphatic carboxylic acids is 1. The van der Waals surface area contributed by atoms with Gasteiger partial charge in [0.1, 0.15) is 0 Å². The maximum atomic E-state index is 10.2. The first-order valence-corrected chi connectivity index (χ1v) is 8.91. The lowest BCUT2D eigenvalue weighted by atomic mass is 10.8. The molecule has 0 aromatic rings. The molecule has 0 heterocycles. The lowest BCUT2D eigenvalue weighted by molar-refractivity contribution is -0.134. The molecule has 1 atom stereocenters. The fraction of sp³-hybridized carbons (Fsp3) is 0.800. The first-order valence-electron chi connectivity index (χ1n) is 3.49. The van der Waals surface area contributed by atoms with Crippen molar-refractivity contribution in [2.75, 3.05) is 0 Å². The van der Waals surface area contributed by atoms with E-state index in [0.29, 0.717) is 0 Å². The Labute approximate surface area is 73.1 Å².